The van der Waals surface area contributed by atoms with Gasteiger partial charge in [-0.25, -0.2) is 0 Å². The van der Waals surface area contributed by atoms with Crippen molar-refractivity contribution >= 4 is 0 Å². The summed E-state index contributed by atoms with van der Waals surface area (Å²) in [7, 11) is 1.73. The Balaban J connectivity index is 0.993. The average molecular weight is 616 g/mol. The minimum absolute atomic E-state index is 0.0146. The molecule has 0 aromatic heterocycles. The molecule has 13 atom stereocenters. The minimum atomic E-state index is -0.900. The maximum Gasteiger partial charge on any atom is 0.170 e. The third-order valence-electron chi connectivity index (χ3n) is 16.0. The molecule has 8 fully saturated rings. The average Bonchev–Trinajstić information content (AvgIpc) is 3.31. The summed E-state index contributed by atoms with van der Waals surface area (Å²) in [6.07, 6.45) is 11.6. The molecule has 2 spiro atoms. The van der Waals surface area contributed by atoms with Gasteiger partial charge in [-0.2, -0.15) is 0 Å². The van der Waals surface area contributed by atoms with Crippen LogP contribution >= 0.6 is 0 Å². The van der Waals surface area contributed by atoms with Crippen molar-refractivity contribution in [2.24, 2.45) is 51.2 Å². The van der Waals surface area contributed by atoms with Gasteiger partial charge in [0.1, 0.15) is 6.10 Å². The van der Waals surface area contributed by atoms with E-state index in [1.54, 1.807) is 7.11 Å². The Morgan fingerprint density at radius 3 is 2.41 bits per heavy atom. The summed E-state index contributed by atoms with van der Waals surface area (Å²) in [4.78, 5) is 2.53. The number of methoxy groups -OCH3 is 1. The molecule has 0 amide bonds. The van der Waals surface area contributed by atoms with Crippen LogP contribution in [-0.2, 0) is 23.7 Å². The van der Waals surface area contributed by atoms with Crippen LogP contribution in [0.4, 0.5) is 0 Å². The molecule has 5 saturated carbocycles. The van der Waals surface area contributed by atoms with Gasteiger partial charge in [-0.3, -0.25) is 4.90 Å². The normalized spacial score (nSPS) is 52.5. The molecule has 44 heavy (non-hydrogen) atoms. The Kier molecular flexibility index (Phi) is 7.30. The van der Waals surface area contributed by atoms with Crippen LogP contribution in [0.25, 0.3) is 0 Å². The number of rotatable bonds is 6. The summed E-state index contributed by atoms with van der Waals surface area (Å²) >= 11 is 0. The molecule has 8 rings (SSSR count). The standard InChI is InChI=1S/C37H61NO6/c1-22-36-15-14-35(6)25-8-10-27(32(40-7)34(4,5)39)43-28(25)18-26(35)24(36)9-11-29-33(2,3)30(12-13-37(22,29)36)44-31-19-38(16-17-42-31)23-20-41-21-23/h22-32,39H,8-21H2,1-7H3/t22-,24-,25-,26?,27+,28+,29?,30-,31?,32-,35+,36-,37?/m0/s1. The molecular formula is C37H61NO6. The second-order valence-corrected chi connectivity index (χ2v) is 18.1. The van der Waals surface area contributed by atoms with Crippen molar-refractivity contribution in [1.29, 1.82) is 0 Å². The third kappa shape index (κ3) is 4.11. The molecule has 3 heterocycles. The van der Waals surface area contributed by atoms with E-state index >= 15 is 0 Å². The lowest BCUT2D eigenvalue weighted by Gasteiger charge is -2.60. The van der Waals surface area contributed by atoms with Crippen LogP contribution in [0.3, 0.4) is 0 Å². The van der Waals surface area contributed by atoms with E-state index in [-0.39, 0.29) is 30.0 Å². The molecule has 1 N–H and O–H groups in total. The van der Waals surface area contributed by atoms with Gasteiger partial charge < -0.3 is 28.8 Å². The number of hydrogen-bond donors (Lipinski definition) is 1. The number of aliphatic hydroxyl groups is 1. The van der Waals surface area contributed by atoms with E-state index in [9.17, 15) is 5.11 Å². The molecular weight excluding hydrogens is 554 g/mol. The van der Waals surface area contributed by atoms with Gasteiger partial charge in [0, 0.05) is 13.7 Å². The second-order valence-electron chi connectivity index (χ2n) is 18.1. The number of morpholine rings is 1. The van der Waals surface area contributed by atoms with Gasteiger partial charge in [0.2, 0.25) is 0 Å². The highest BCUT2D eigenvalue weighted by molar-refractivity contribution is 5.32. The minimum Gasteiger partial charge on any atom is -0.388 e. The zero-order chi connectivity index (χ0) is 30.9. The highest BCUT2D eigenvalue weighted by atomic mass is 16.7. The molecule has 3 saturated heterocycles. The molecule has 7 nitrogen and oxygen atoms in total. The first-order valence-electron chi connectivity index (χ1n) is 18.4. The van der Waals surface area contributed by atoms with E-state index in [1.807, 2.05) is 13.8 Å². The Bertz CT molecular complexity index is 1100. The fourth-order valence-electron chi connectivity index (χ4n) is 14.0. The van der Waals surface area contributed by atoms with Crippen LogP contribution in [0.15, 0.2) is 0 Å². The van der Waals surface area contributed by atoms with E-state index in [1.165, 1.54) is 51.4 Å². The summed E-state index contributed by atoms with van der Waals surface area (Å²) in [6.45, 7) is 18.5. The lowest BCUT2D eigenvalue weighted by Crippen LogP contribution is -2.58. The molecule has 0 aromatic rings. The zero-order valence-corrected chi connectivity index (χ0v) is 28.7. The molecule has 5 aliphatic carbocycles. The monoisotopic (exact) mass is 615 g/mol. The molecule has 7 heteroatoms. The number of fused-ring (bicyclic) bond motifs is 4. The Morgan fingerprint density at radius 2 is 1.70 bits per heavy atom. The highest BCUT2D eigenvalue weighted by Gasteiger charge is 2.84. The Morgan fingerprint density at radius 1 is 0.932 bits per heavy atom. The number of nitrogens with zero attached hydrogens (tertiary/aromatic N) is 1. The maximum atomic E-state index is 10.8. The van der Waals surface area contributed by atoms with Crippen LogP contribution in [0.5, 0.6) is 0 Å². The van der Waals surface area contributed by atoms with E-state index in [2.05, 4.69) is 32.6 Å². The number of hydrogen-bond acceptors (Lipinski definition) is 7. The van der Waals surface area contributed by atoms with Crippen molar-refractivity contribution in [3.05, 3.63) is 0 Å². The van der Waals surface area contributed by atoms with Crippen LogP contribution in [0.1, 0.15) is 99.3 Å². The molecule has 0 radical (unpaired) electrons. The second kappa shape index (κ2) is 10.4. The summed E-state index contributed by atoms with van der Waals surface area (Å²) in [5.74, 6) is 3.75. The molecule has 8 aliphatic rings. The predicted molar refractivity (Wildman–Crippen MR) is 168 cm³/mol. The van der Waals surface area contributed by atoms with Gasteiger partial charge in [-0.15, -0.1) is 0 Å². The fourth-order valence-corrected chi connectivity index (χ4v) is 14.0. The summed E-state index contributed by atoms with van der Waals surface area (Å²) in [5, 5.41) is 10.8. The first-order chi connectivity index (χ1) is 20.9. The topological polar surface area (TPSA) is 69.6 Å². The summed E-state index contributed by atoms with van der Waals surface area (Å²) in [6, 6.07) is 0.547. The van der Waals surface area contributed by atoms with Gasteiger partial charge >= 0.3 is 0 Å². The first kappa shape index (κ1) is 31.0. The lowest BCUT2D eigenvalue weighted by molar-refractivity contribution is -0.253. The smallest absolute Gasteiger partial charge is 0.170 e. The van der Waals surface area contributed by atoms with Gasteiger partial charge in [-0.05, 0) is 123 Å². The Labute approximate surface area is 266 Å². The highest BCUT2D eigenvalue weighted by Crippen LogP contribution is 2.89. The first-order valence-corrected chi connectivity index (χ1v) is 18.4. The van der Waals surface area contributed by atoms with Crippen molar-refractivity contribution < 1.29 is 28.8 Å². The van der Waals surface area contributed by atoms with E-state index in [0.29, 0.717) is 34.3 Å². The quantitative estimate of drug-likeness (QED) is 0.413. The molecule has 3 aliphatic heterocycles. The van der Waals surface area contributed by atoms with Crippen molar-refractivity contribution in [1.82, 2.24) is 4.90 Å². The van der Waals surface area contributed by atoms with E-state index < -0.39 is 5.60 Å². The van der Waals surface area contributed by atoms with Crippen molar-refractivity contribution in [3.63, 3.8) is 0 Å². The number of ether oxygens (including phenoxy) is 5. The van der Waals surface area contributed by atoms with Gasteiger partial charge in [0.05, 0.1) is 56.3 Å². The molecule has 0 aromatic carbocycles. The van der Waals surface area contributed by atoms with Crippen molar-refractivity contribution in [2.45, 2.75) is 142 Å². The van der Waals surface area contributed by atoms with Crippen molar-refractivity contribution in [3.8, 4) is 0 Å². The zero-order valence-electron chi connectivity index (χ0n) is 28.7. The van der Waals surface area contributed by atoms with E-state index in [0.717, 1.165) is 63.0 Å². The SMILES string of the molecule is CO[C@@H]([C@H]1CC[C@H]2[C@@H](CC3[C@@H]4CCC5C(C)(C)[C@@H](OC6CN(C7COC7)CCO6)CCC56[C@@H](C)[C@@]46CC[C@@]32C)O1)C(C)(C)O. The summed E-state index contributed by atoms with van der Waals surface area (Å²) < 4.78 is 31.4. The van der Waals surface area contributed by atoms with Crippen LogP contribution in [0, 0.1) is 51.2 Å². The predicted octanol–water partition coefficient (Wildman–Crippen LogP) is 5.67. The third-order valence-corrected chi connectivity index (χ3v) is 16.0. The van der Waals surface area contributed by atoms with Crippen LogP contribution in [-0.4, -0.2) is 92.4 Å². The Hall–Kier alpha value is -0.280. The van der Waals surface area contributed by atoms with Crippen LogP contribution < -0.4 is 0 Å². The largest absolute Gasteiger partial charge is 0.388 e. The van der Waals surface area contributed by atoms with Gasteiger partial charge in [0.15, 0.2) is 6.29 Å². The van der Waals surface area contributed by atoms with Crippen molar-refractivity contribution in [2.75, 3.05) is 40.0 Å². The maximum absolute atomic E-state index is 10.8. The molecule has 250 valence electrons. The van der Waals surface area contributed by atoms with Gasteiger partial charge in [0.25, 0.3) is 0 Å². The van der Waals surface area contributed by atoms with E-state index in [4.69, 9.17) is 23.7 Å². The fraction of sp³-hybridized carbons (Fsp3) is 1.00. The van der Waals surface area contributed by atoms with Gasteiger partial charge in [-0.1, -0.05) is 27.7 Å². The molecule has 4 unspecified atom stereocenters. The summed E-state index contributed by atoms with van der Waals surface area (Å²) in [5.41, 5.74) is 0.607. The lowest BCUT2D eigenvalue weighted by atomic mass is 9.46. The van der Waals surface area contributed by atoms with Crippen LogP contribution in [0.2, 0.25) is 0 Å². The molecule has 0 bridgehead atoms.